The highest BCUT2D eigenvalue weighted by Crippen LogP contribution is 2.58. The van der Waals surface area contributed by atoms with Gasteiger partial charge in [0, 0.05) is 6.04 Å². The Bertz CT molecular complexity index is 1650. The average Bonchev–Trinajstić information content (AvgIpc) is 3.56. The number of hydrogen-bond donors (Lipinski definition) is 4. The van der Waals surface area contributed by atoms with Crippen LogP contribution in [0.5, 0.6) is 5.75 Å². The summed E-state index contributed by atoms with van der Waals surface area (Å²) in [5.41, 5.74) is 4.07. The maximum atomic E-state index is 14.8. The van der Waals surface area contributed by atoms with Gasteiger partial charge in [-0.1, -0.05) is 18.2 Å². The average molecular weight is 669 g/mol. The van der Waals surface area contributed by atoms with Gasteiger partial charge in [0.1, 0.15) is 54.6 Å². The molecule has 1 aromatic carbocycles. The molecule has 2 aromatic heterocycles. The molecule has 1 aliphatic carbocycles. The van der Waals surface area contributed by atoms with Crippen molar-refractivity contribution < 1.29 is 51.6 Å². The second-order valence-electron chi connectivity index (χ2n) is 11.3. The van der Waals surface area contributed by atoms with Crippen LogP contribution in [0.4, 0.5) is 19.0 Å². The minimum Gasteiger partial charge on any atom is -0.480 e. The summed E-state index contributed by atoms with van der Waals surface area (Å²) < 4.78 is 74.8. The fourth-order valence-corrected chi connectivity index (χ4v) is 8.09. The molecule has 0 spiro atoms. The highest BCUT2D eigenvalue weighted by Gasteiger charge is 2.58. The van der Waals surface area contributed by atoms with Crippen LogP contribution >= 0.6 is 7.75 Å². The summed E-state index contributed by atoms with van der Waals surface area (Å²) in [5.74, 6) is -2.98. The molecular formula is C28H32F3N6O8P. The predicted molar refractivity (Wildman–Crippen MR) is 153 cm³/mol. The summed E-state index contributed by atoms with van der Waals surface area (Å²) >= 11 is 0. The molecule has 1 unspecified atom stereocenters. The third-order valence-corrected chi connectivity index (χ3v) is 10.6. The zero-order valence-electron chi connectivity index (χ0n) is 24.4. The number of carboxylic acids is 1. The molecule has 0 radical (unpaired) electrons. The lowest BCUT2D eigenvalue weighted by Gasteiger charge is -2.42. The number of ether oxygens (including phenoxy) is 1. The highest BCUT2D eigenvalue weighted by molar-refractivity contribution is 7.51. The number of anilines is 1. The normalized spacial score (nSPS) is 28.9. The first-order chi connectivity index (χ1) is 21.7. The third kappa shape index (κ3) is 6.28. The molecular weight excluding hydrogens is 636 g/mol. The van der Waals surface area contributed by atoms with E-state index < -0.39 is 68.4 Å². The number of nitrogens with two attached hydrogens (primary N) is 1. The Balaban J connectivity index is 1.48. The zero-order chi connectivity index (χ0) is 33.4. The third-order valence-electron chi connectivity index (χ3n) is 8.42. The lowest BCUT2D eigenvalue weighted by molar-refractivity contribution is -0.184. The van der Waals surface area contributed by atoms with Crippen LogP contribution in [-0.2, 0) is 18.6 Å². The molecule has 46 heavy (non-hydrogen) atoms. The van der Waals surface area contributed by atoms with Gasteiger partial charge in [0.05, 0.1) is 11.6 Å². The number of para-hydroxylation sites is 1. The van der Waals surface area contributed by atoms with Crippen LogP contribution in [0.1, 0.15) is 44.4 Å². The Labute approximate surface area is 260 Å². The number of alkyl halides is 3. The molecule has 14 nitrogen and oxygen atoms in total. The first kappa shape index (κ1) is 33.6. The van der Waals surface area contributed by atoms with Gasteiger partial charge >= 0.3 is 19.9 Å². The van der Waals surface area contributed by atoms with E-state index in [9.17, 15) is 43.1 Å². The summed E-state index contributed by atoms with van der Waals surface area (Å²) in [5, 5.41) is 46.4. The van der Waals surface area contributed by atoms with E-state index in [1.807, 2.05) is 0 Å². The monoisotopic (exact) mass is 668 g/mol. The summed E-state index contributed by atoms with van der Waals surface area (Å²) in [6.07, 6.45) is -9.38. The van der Waals surface area contributed by atoms with Crippen molar-refractivity contribution in [1.29, 1.82) is 5.26 Å². The molecule has 18 heteroatoms. The van der Waals surface area contributed by atoms with E-state index in [1.165, 1.54) is 35.7 Å². The van der Waals surface area contributed by atoms with Crippen molar-refractivity contribution in [3.63, 3.8) is 0 Å². The molecule has 3 aromatic rings. The van der Waals surface area contributed by atoms with Crippen molar-refractivity contribution in [2.75, 3.05) is 12.3 Å². The van der Waals surface area contributed by atoms with Gasteiger partial charge in [-0.15, -0.1) is 0 Å². The number of aliphatic hydroxyl groups is 2. The van der Waals surface area contributed by atoms with Crippen molar-refractivity contribution in [2.45, 2.75) is 74.8 Å². The minimum absolute atomic E-state index is 0.0221. The van der Waals surface area contributed by atoms with Crippen LogP contribution < -0.4 is 10.3 Å². The predicted octanol–water partition coefficient (Wildman–Crippen LogP) is 3.47. The van der Waals surface area contributed by atoms with E-state index in [-0.39, 0.29) is 42.9 Å². The molecule has 2 aliphatic rings. The standard InChI is InChI=1S/C28H32F3N6O8P/c1-16(26(40)41)37(18-9-7-17(8-10-18)28(29,30)31)46(42,45-19-5-3-2-4-6-19)43-14-27(13-32)24(39)22(38)23(44-27)20-11-12-21-25(33)34-15-35-36(20)21/h2-6,11-12,15-18,22-24,38-39H,7-10,14H2,1H3,(H,40,41)(H2,33,34,35)/t16-,17-,18-,22-,23-,24-,27+,46?/m0/s1. The van der Waals surface area contributed by atoms with Crippen molar-refractivity contribution in [1.82, 2.24) is 19.3 Å². The molecule has 3 heterocycles. The number of carboxylic acid groups (broad SMARTS) is 1. The molecule has 5 rings (SSSR count). The summed E-state index contributed by atoms with van der Waals surface area (Å²) in [4.78, 5) is 16.1. The Morgan fingerprint density at radius 2 is 1.91 bits per heavy atom. The van der Waals surface area contributed by atoms with E-state index in [4.69, 9.17) is 19.5 Å². The van der Waals surface area contributed by atoms with Gasteiger partial charge in [0.15, 0.2) is 5.82 Å². The largest absolute Gasteiger partial charge is 0.480 e. The number of hydrogen-bond acceptors (Lipinski definition) is 11. The Kier molecular flexibility index (Phi) is 9.33. The molecule has 1 saturated heterocycles. The number of benzene rings is 1. The second-order valence-corrected chi connectivity index (χ2v) is 13.1. The molecule has 0 bridgehead atoms. The molecule has 1 aliphatic heterocycles. The number of aromatic nitrogens is 3. The van der Waals surface area contributed by atoms with E-state index in [0.29, 0.717) is 5.52 Å². The van der Waals surface area contributed by atoms with Crippen LogP contribution in [0, 0.1) is 17.2 Å². The van der Waals surface area contributed by atoms with Gasteiger partial charge in [0.2, 0.25) is 5.60 Å². The zero-order valence-corrected chi connectivity index (χ0v) is 25.3. The van der Waals surface area contributed by atoms with Gasteiger partial charge in [0.25, 0.3) is 0 Å². The number of nitriles is 1. The maximum Gasteiger partial charge on any atom is 0.462 e. The summed E-state index contributed by atoms with van der Waals surface area (Å²) in [6.45, 7) is 0.193. The number of nitrogens with zero attached hydrogens (tertiary/aromatic N) is 5. The quantitative estimate of drug-likeness (QED) is 0.229. The number of nitrogen functional groups attached to an aromatic ring is 1. The number of fused-ring (bicyclic) bond motifs is 1. The van der Waals surface area contributed by atoms with Crippen LogP contribution in [-0.4, -0.2) is 83.2 Å². The fourth-order valence-electron chi connectivity index (χ4n) is 5.92. The highest BCUT2D eigenvalue weighted by atomic mass is 31.2. The van der Waals surface area contributed by atoms with E-state index in [0.717, 1.165) is 11.0 Å². The topological polar surface area (TPSA) is 206 Å². The van der Waals surface area contributed by atoms with Gasteiger partial charge in [-0.05, 0) is 56.9 Å². The number of halogens is 3. The number of carbonyl (C=O) groups is 1. The second kappa shape index (κ2) is 12.8. The molecule has 5 N–H and O–H groups in total. The van der Waals surface area contributed by atoms with Crippen LogP contribution in [0.25, 0.3) is 5.52 Å². The minimum atomic E-state index is -4.87. The summed E-state index contributed by atoms with van der Waals surface area (Å²) in [6, 6.07) is 9.78. The van der Waals surface area contributed by atoms with Crippen LogP contribution in [0.15, 0.2) is 48.8 Å². The van der Waals surface area contributed by atoms with Gasteiger partial charge in [-0.2, -0.15) is 28.2 Å². The van der Waals surface area contributed by atoms with Crippen LogP contribution in [0.3, 0.4) is 0 Å². The molecule has 0 amide bonds. The number of aliphatic carboxylic acids is 1. The lowest BCUT2D eigenvalue weighted by atomic mass is 9.85. The lowest BCUT2D eigenvalue weighted by Crippen LogP contribution is -2.49. The van der Waals surface area contributed by atoms with E-state index >= 15 is 0 Å². The molecule has 2 fully saturated rings. The van der Waals surface area contributed by atoms with Crippen molar-refractivity contribution >= 4 is 25.1 Å². The molecule has 248 valence electrons. The molecule has 1 saturated carbocycles. The molecule has 6 atom stereocenters. The van der Waals surface area contributed by atoms with E-state index in [1.54, 1.807) is 24.3 Å². The van der Waals surface area contributed by atoms with Crippen molar-refractivity contribution in [3.8, 4) is 11.8 Å². The first-order valence-electron chi connectivity index (χ1n) is 14.3. The van der Waals surface area contributed by atoms with Crippen molar-refractivity contribution in [2.24, 2.45) is 5.92 Å². The number of aliphatic hydroxyl groups excluding tert-OH is 2. The van der Waals surface area contributed by atoms with Crippen LogP contribution in [0.2, 0.25) is 0 Å². The Morgan fingerprint density at radius 1 is 1.24 bits per heavy atom. The SMILES string of the molecule is C[C@@H](C(=O)O)N([C@H]1CC[C@H](C(F)(F)F)CC1)P(=O)(OC[C@@]1(C#N)O[C@@H](c2ccc3c(N)ncnn23)[C@H](O)[C@@H]1O)Oc1ccccc1. The van der Waals surface area contributed by atoms with Crippen molar-refractivity contribution in [3.05, 3.63) is 54.5 Å². The Hall–Kier alpha value is -3.78. The first-order valence-corrected chi connectivity index (χ1v) is 15.8. The van der Waals surface area contributed by atoms with Gasteiger partial charge in [-0.3, -0.25) is 9.32 Å². The smallest absolute Gasteiger partial charge is 0.462 e. The number of rotatable bonds is 10. The fraction of sp³-hybridized carbons (Fsp3) is 0.500. The van der Waals surface area contributed by atoms with Gasteiger partial charge < -0.3 is 30.3 Å². The Morgan fingerprint density at radius 3 is 2.52 bits per heavy atom. The van der Waals surface area contributed by atoms with E-state index in [2.05, 4.69) is 10.1 Å². The summed E-state index contributed by atoms with van der Waals surface area (Å²) in [7, 11) is -4.87. The van der Waals surface area contributed by atoms with Gasteiger partial charge in [-0.25, -0.2) is 14.1 Å². The maximum absolute atomic E-state index is 14.8.